The van der Waals surface area contributed by atoms with Crippen molar-refractivity contribution in [2.75, 3.05) is 28.4 Å². The Hall–Kier alpha value is -0.830. The van der Waals surface area contributed by atoms with E-state index in [1.807, 2.05) is 11.8 Å². The maximum atomic E-state index is 3.51. The van der Waals surface area contributed by atoms with Crippen molar-refractivity contribution in [3.63, 3.8) is 0 Å². The van der Waals surface area contributed by atoms with Gasteiger partial charge in [-0.3, -0.25) is 0 Å². The Labute approximate surface area is 88.7 Å². The highest BCUT2D eigenvalue weighted by atomic mass is 32.2. The van der Waals surface area contributed by atoms with Crippen molar-refractivity contribution in [3.8, 4) is 0 Å². The van der Waals surface area contributed by atoms with Crippen molar-refractivity contribution in [1.29, 1.82) is 0 Å². The molecule has 0 spiro atoms. The molecule has 74 valence electrons. The van der Waals surface area contributed by atoms with Gasteiger partial charge in [0.2, 0.25) is 0 Å². The molecular weight excluding hydrogens is 192 g/mol. The lowest BCUT2D eigenvalue weighted by Gasteiger charge is -2.33. The number of rotatable bonds is 0. The highest BCUT2D eigenvalue weighted by molar-refractivity contribution is 7.99. The van der Waals surface area contributed by atoms with Crippen LogP contribution < -0.4 is 10.2 Å². The number of thioether (sulfide) groups is 1. The van der Waals surface area contributed by atoms with E-state index in [9.17, 15) is 0 Å². The van der Waals surface area contributed by atoms with Crippen LogP contribution in [0.4, 0.5) is 11.4 Å². The fourth-order valence-corrected chi connectivity index (χ4v) is 3.40. The zero-order valence-electron chi connectivity index (χ0n) is 8.29. The molecule has 1 fully saturated rings. The predicted molar refractivity (Wildman–Crippen MR) is 63.3 cm³/mol. The van der Waals surface area contributed by atoms with Gasteiger partial charge >= 0.3 is 0 Å². The molecule has 2 aliphatic heterocycles. The summed E-state index contributed by atoms with van der Waals surface area (Å²) in [6, 6.07) is 7.37. The maximum absolute atomic E-state index is 3.51. The normalized spacial score (nSPS) is 24.1. The monoisotopic (exact) mass is 206 g/mol. The predicted octanol–water partition coefficient (Wildman–Crippen LogP) is 2.30. The number of nitrogens with zero attached hydrogens (tertiary/aromatic N) is 1. The molecule has 1 atom stereocenters. The molecule has 1 aromatic rings. The van der Waals surface area contributed by atoms with Crippen LogP contribution in [-0.2, 0) is 0 Å². The molecule has 0 unspecified atom stereocenters. The van der Waals surface area contributed by atoms with Crippen LogP contribution in [0.15, 0.2) is 18.2 Å². The summed E-state index contributed by atoms with van der Waals surface area (Å²) in [5.41, 5.74) is 4.05. The molecule has 0 aliphatic carbocycles. The number of benzene rings is 1. The van der Waals surface area contributed by atoms with Crippen LogP contribution in [0.2, 0.25) is 0 Å². The van der Waals surface area contributed by atoms with Gasteiger partial charge < -0.3 is 10.2 Å². The van der Waals surface area contributed by atoms with E-state index in [-0.39, 0.29) is 0 Å². The van der Waals surface area contributed by atoms with Crippen molar-refractivity contribution in [2.24, 2.45) is 0 Å². The second-order valence-corrected chi connectivity index (χ2v) is 5.02. The summed E-state index contributed by atoms with van der Waals surface area (Å²) in [6.45, 7) is 3.26. The SMILES string of the molecule is Cc1ccc2c(c1)N1CSC[C@@H]1CN2. The first kappa shape index (κ1) is 8.48. The molecule has 14 heavy (non-hydrogen) atoms. The fourth-order valence-electron chi connectivity index (χ4n) is 2.17. The summed E-state index contributed by atoms with van der Waals surface area (Å²) < 4.78 is 0. The minimum Gasteiger partial charge on any atom is -0.381 e. The zero-order chi connectivity index (χ0) is 9.54. The third-order valence-electron chi connectivity index (χ3n) is 2.97. The molecule has 3 heteroatoms. The van der Waals surface area contributed by atoms with Crippen LogP contribution in [0.3, 0.4) is 0 Å². The zero-order valence-corrected chi connectivity index (χ0v) is 9.10. The summed E-state index contributed by atoms with van der Waals surface area (Å²) in [6.07, 6.45) is 0. The molecular formula is C11H14N2S. The Morgan fingerprint density at radius 1 is 1.50 bits per heavy atom. The summed E-state index contributed by atoms with van der Waals surface area (Å²) >= 11 is 2.03. The van der Waals surface area contributed by atoms with Gasteiger partial charge in [-0.25, -0.2) is 0 Å². The second kappa shape index (κ2) is 3.09. The van der Waals surface area contributed by atoms with Gasteiger partial charge in [-0.15, -0.1) is 11.8 Å². The molecule has 3 rings (SSSR count). The van der Waals surface area contributed by atoms with Crippen LogP contribution in [0, 0.1) is 6.92 Å². The van der Waals surface area contributed by atoms with Gasteiger partial charge in [0.05, 0.1) is 23.3 Å². The van der Waals surface area contributed by atoms with Gasteiger partial charge in [-0.05, 0) is 24.6 Å². The lowest BCUT2D eigenvalue weighted by Crippen LogP contribution is -2.40. The molecule has 2 nitrogen and oxygen atoms in total. The van der Waals surface area contributed by atoms with Gasteiger partial charge in [0.25, 0.3) is 0 Å². The minimum atomic E-state index is 0.703. The average molecular weight is 206 g/mol. The molecule has 0 aromatic heterocycles. The number of hydrogen-bond donors (Lipinski definition) is 1. The molecule has 1 saturated heterocycles. The number of nitrogens with one attached hydrogen (secondary N) is 1. The summed E-state index contributed by atoms with van der Waals surface area (Å²) in [4.78, 5) is 2.53. The highest BCUT2D eigenvalue weighted by Crippen LogP contribution is 2.37. The molecule has 0 amide bonds. The van der Waals surface area contributed by atoms with Crippen molar-refractivity contribution in [3.05, 3.63) is 23.8 Å². The van der Waals surface area contributed by atoms with E-state index in [4.69, 9.17) is 0 Å². The van der Waals surface area contributed by atoms with Gasteiger partial charge in [0, 0.05) is 12.3 Å². The number of hydrogen-bond acceptors (Lipinski definition) is 3. The Bertz CT molecular complexity index is 364. The van der Waals surface area contributed by atoms with E-state index in [1.54, 1.807) is 0 Å². The minimum absolute atomic E-state index is 0.703. The molecule has 1 aromatic carbocycles. The van der Waals surface area contributed by atoms with Crippen LogP contribution in [0.1, 0.15) is 5.56 Å². The maximum Gasteiger partial charge on any atom is 0.0645 e. The third kappa shape index (κ3) is 1.19. The highest BCUT2D eigenvalue weighted by Gasteiger charge is 2.30. The van der Waals surface area contributed by atoms with Crippen LogP contribution in [0.25, 0.3) is 0 Å². The summed E-state index contributed by atoms with van der Waals surface area (Å²) in [7, 11) is 0. The van der Waals surface area contributed by atoms with Crippen LogP contribution >= 0.6 is 11.8 Å². The topological polar surface area (TPSA) is 15.3 Å². The first-order chi connectivity index (χ1) is 6.84. The summed E-state index contributed by atoms with van der Waals surface area (Å²) in [5, 5.41) is 3.51. The van der Waals surface area contributed by atoms with E-state index < -0.39 is 0 Å². The van der Waals surface area contributed by atoms with Crippen molar-refractivity contribution < 1.29 is 0 Å². The number of fused-ring (bicyclic) bond motifs is 3. The van der Waals surface area contributed by atoms with Crippen molar-refractivity contribution >= 4 is 23.1 Å². The van der Waals surface area contributed by atoms with Gasteiger partial charge in [-0.2, -0.15) is 0 Å². The Morgan fingerprint density at radius 3 is 3.36 bits per heavy atom. The Balaban J connectivity index is 2.07. The van der Waals surface area contributed by atoms with Crippen molar-refractivity contribution in [1.82, 2.24) is 0 Å². The van der Waals surface area contributed by atoms with E-state index in [0.29, 0.717) is 6.04 Å². The molecule has 0 bridgehead atoms. The van der Waals surface area contributed by atoms with E-state index in [2.05, 4.69) is 35.3 Å². The van der Waals surface area contributed by atoms with Gasteiger partial charge in [0.1, 0.15) is 0 Å². The standard InChI is InChI=1S/C11H14N2S/c1-8-2-3-10-11(4-8)13-7-14-6-9(13)5-12-10/h2-4,9,12H,5-7H2,1H3/t9-/m0/s1. The molecule has 0 radical (unpaired) electrons. The Kier molecular flexibility index (Phi) is 1.87. The van der Waals surface area contributed by atoms with Gasteiger partial charge in [-0.1, -0.05) is 6.07 Å². The largest absolute Gasteiger partial charge is 0.381 e. The third-order valence-corrected chi connectivity index (χ3v) is 4.05. The summed E-state index contributed by atoms with van der Waals surface area (Å²) in [5.74, 6) is 2.42. The first-order valence-electron chi connectivity index (χ1n) is 5.03. The van der Waals surface area contributed by atoms with Crippen molar-refractivity contribution in [2.45, 2.75) is 13.0 Å². The second-order valence-electron chi connectivity index (χ2n) is 4.03. The van der Waals surface area contributed by atoms with E-state index >= 15 is 0 Å². The molecule has 2 aliphatic rings. The quantitative estimate of drug-likeness (QED) is 0.701. The van der Waals surface area contributed by atoms with E-state index in [1.165, 1.54) is 22.7 Å². The van der Waals surface area contributed by atoms with Gasteiger partial charge in [0.15, 0.2) is 0 Å². The smallest absolute Gasteiger partial charge is 0.0645 e. The molecule has 1 N–H and O–H groups in total. The Morgan fingerprint density at radius 2 is 2.43 bits per heavy atom. The first-order valence-corrected chi connectivity index (χ1v) is 6.19. The molecule has 0 saturated carbocycles. The fraction of sp³-hybridized carbons (Fsp3) is 0.455. The van der Waals surface area contributed by atoms with Crippen LogP contribution in [0.5, 0.6) is 0 Å². The van der Waals surface area contributed by atoms with Crippen LogP contribution in [-0.4, -0.2) is 24.2 Å². The number of aryl methyl sites for hydroxylation is 1. The number of anilines is 2. The lowest BCUT2D eigenvalue weighted by molar-refractivity contribution is 0.722. The van der Waals surface area contributed by atoms with E-state index in [0.717, 1.165) is 12.4 Å². The lowest BCUT2D eigenvalue weighted by atomic mass is 10.1. The average Bonchev–Trinajstić information content (AvgIpc) is 2.65. The molecule has 2 heterocycles.